The molecular weight excluding hydrogens is 570 g/mol. The van der Waals surface area contributed by atoms with Gasteiger partial charge in [-0.05, 0) is 89.2 Å². The molecule has 0 aliphatic carbocycles. The summed E-state index contributed by atoms with van der Waals surface area (Å²) in [6.07, 6.45) is 14.0. The monoisotopic (exact) mass is 623 g/mol. The number of piperidine rings is 2. The highest BCUT2D eigenvalue weighted by molar-refractivity contribution is 5.70. The highest BCUT2D eigenvalue weighted by Gasteiger charge is 2.37. The van der Waals surface area contributed by atoms with Crippen molar-refractivity contribution in [3.05, 3.63) is 66.0 Å². The van der Waals surface area contributed by atoms with Crippen LogP contribution in [0.25, 0.3) is 0 Å². The first kappa shape index (κ1) is 34.9. The van der Waals surface area contributed by atoms with Crippen molar-refractivity contribution in [2.24, 2.45) is 5.92 Å². The van der Waals surface area contributed by atoms with Crippen molar-refractivity contribution in [1.82, 2.24) is 14.8 Å². The summed E-state index contributed by atoms with van der Waals surface area (Å²) < 4.78 is 11.9. The quantitative estimate of drug-likeness (QED) is 0.241. The summed E-state index contributed by atoms with van der Waals surface area (Å²) in [7, 11) is 0. The number of allylic oxidation sites excluding steroid dienone is 3. The van der Waals surface area contributed by atoms with Gasteiger partial charge in [0, 0.05) is 42.9 Å². The Kier molecular flexibility index (Phi) is 12.8. The van der Waals surface area contributed by atoms with Gasteiger partial charge in [-0.2, -0.15) is 0 Å². The second kappa shape index (κ2) is 16.5. The number of ether oxygens (including phenoxy) is 2. The van der Waals surface area contributed by atoms with Crippen LogP contribution < -0.4 is 0 Å². The number of carbonyl (C=O) groups is 2. The third-order valence-electron chi connectivity index (χ3n) is 9.54. The van der Waals surface area contributed by atoms with Crippen LogP contribution in [-0.4, -0.2) is 93.2 Å². The molecular formula is C36H53N3O6. The second-order valence-electron chi connectivity index (χ2n) is 13.4. The van der Waals surface area contributed by atoms with Crippen LogP contribution in [0, 0.1) is 5.92 Å². The van der Waals surface area contributed by atoms with Crippen LogP contribution in [0.3, 0.4) is 0 Å². The van der Waals surface area contributed by atoms with E-state index < -0.39 is 36.0 Å². The topological polar surface area (TPSA) is 112 Å². The molecule has 2 saturated heterocycles. The van der Waals surface area contributed by atoms with Gasteiger partial charge in [-0.15, -0.1) is 0 Å². The molecule has 9 nitrogen and oxygen atoms in total. The summed E-state index contributed by atoms with van der Waals surface area (Å²) in [6.45, 7) is 11.0. The molecule has 0 aromatic carbocycles. The molecule has 1 amide bonds. The van der Waals surface area contributed by atoms with Crippen molar-refractivity contribution in [1.29, 1.82) is 0 Å². The van der Waals surface area contributed by atoms with Crippen LogP contribution in [0.5, 0.6) is 0 Å². The first-order chi connectivity index (χ1) is 21.5. The lowest BCUT2D eigenvalue weighted by Crippen LogP contribution is -2.50. The number of cyclic esters (lactones) is 1. The second-order valence-corrected chi connectivity index (χ2v) is 13.4. The molecule has 2 N–H and O–H groups in total. The van der Waals surface area contributed by atoms with Crippen molar-refractivity contribution < 1.29 is 29.3 Å². The zero-order valence-corrected chi connectivity index (χ0v) is 27.5. The molecule has 9 heteroatoms. The van der Waals surface area contributed by atoms with Gasteiger partial charge in [0.15, 0.2) is 6.10 Å². The van der Waals surface area contributed by atoms with E-state index in [2.05, 4.69) is 16.8 Å². The summed E-state index contributed by atoms with van der Waals surface area (Å²) in [5.41, 5.74) is 0.349. The van der Waals surface area contributed by atoms with E-state index in [1.165, 1.54) is 19.3 Å². The molecule has 4 rings (SSSR count). The van der Waals surface area contributed by atoms with E-state index >= 15 is 0 Å². The summed E-state index contributed by atoms with van der Waals surface area (Å²) in [5.74, 6) is -0.682. The smallest absolute Gasteiger partial charge is 0.410 e. The molecule has 6 atom stereocenters. The van der Waals surface area contributed by atoms with Gasteiger partial charge >= 0.3 is 12.1 Å². The van der Waals surface area contributed by atoms with E-state index in [9.17, 15) is 19.8 Å². The molecule has 6 unspecified atom stereocenters. The van der Waals surface area contributed by atoms with Gasteiger partial charge in [0.1, 0.15) is 11.7 Å². The predicted molar refractivity (Wildman–Crippen MR) is 175 cm³/mol. The molecule has 3 aliphatic rings. The fraction of sp³-hybridized carbons (Fsp3) is 0.639. The minimum atomic E-state index is -1.44. The molecule has 0 spiro atoms. The maximum absolute atomic E-state index is 13.4. The number of hydrogen-bond acceptors (Lipinski definition) is 8. The van der Waals surface area contributed by atoms with Crippen LogP contribution in [0.4, 0.5) is 4.79 Å². The molecule has 1 aromatic heterocycles. The molecule has 1 aromatic rings. The number of rotatable bonds is 6. The Morgan fingerprint density at radius 2 is 1.87 bits per heavy atom. The summed E-state index contributed by atoms with van der Waals surface area (Å²) >= 11 is 0. The standard InChI is InChI=1S/C36H53N3O6/c1-26(31-13-6-7-20-37-31)11-10-12-27(2)34-28(3)14-15-32(36(4,43)19-16-30(40)25-33(41)45-34)44-35(42)39-23-17-29(18-24-39)38-21-8-5-9-22-38/h6-7,10-15,20,26,28-30,32,34,40,43H,5,8-9,16-19,21-25H2,1-4H3. The minimum Gasteiger partial charge on any atom is -0.457 e. The minimum absolute atomic E-state index is 0.106. The number of aromatic nitrogens is 1. The van der Waals surface area contributed by atoms with Gasteiger partial charge < -0.3 is 29.5 Å². The van der Waals surface area contributed by atoms with E-state index in [1.807, 2.05) is 56.4 Å². The molecule has 248 valence electrons. The Morgan fingerprint density at radius 1 is 1.13 bits per heavy atom. The van der Waals surface area contributed by atoms with Gasteiger partial charge in [-0.25, -0.2) is 4.79 Å². The van der Waals surface area contributed by atoms with E-state index in [4.69, 9.17) is 9.47 Å². The van der Waals surface area contributed by atoms with Crippen molar-refractivity contribution in [2.45, 2.75) is 115 Å². The fourth-order valence-corrected chi connectivity index (χ4v) is 6.54. The molecule has 0 bridgehead atoms. The summed E-state index contributed by atoms with van der Waals surface area (Å²) in [6, 6.07) is 6.33. The highest BCUT2D eigenvalue weighted by Crippen LogP contribution is 2.28. The van der Waals surface area contributed by atoms with Crippen molar-refractivity contribution in [3.63, 3.8) is 0 Å². The summed E-state index contributed by atoms with van der Waals surface area (Å²) in [5, 5.41) is 22.1. The number of hydrogen-bond donors (Lipinski definition) is 2. The van der Waals surface area contributed by atoms with Gasteiger partial charge in [-0.1, -0.05) is 50.6 Å². The Hall–Kier alpha value is -3.01. The Bertz CT molecular complexity index is 1180. The Labute approximate surface area is 269 Å². The molecule has 2 fully saturated rings. The molecule has 0 saturated carbocycles. The first-order valence-corrected chi connectivity index (χ1v) is 16.8. The lowest BCUT2D eigenvalue weighted by atomic mass is 9.88. The van der Waals surface area contributed by atoms with Crippen LogP contribution in [0.1, 0.15) is 90.7 Å². The third kappa shape index (κ3) is 10.2. The highest BCUT2D eigenvalue weighted by atomic mass is 16.6. The zero-order valence-electron chi connectivity index (χ0n) is 27.5. The third-order valence-corrected chi connectivity index (χ3v) is 9.54. The number of aliphatic hydroxyl groups is 2. The zero-order chi connectivity index (χ0) is 32.4. The number of nitrogens with zero attached hydrogens (tertiary/aromatic N) is 3. The SMILES string of the molecule is CC(=CC=CC(C)c1ccccn1)C1OC(=O)CC(O)CCC(C)(O)C(OC(=O)N2CCC(N3CCCCC3)CC2)C=CC1C. The van der Waals surface area contributed by atoms with Gasteiger partial charge in [-0.3, -0.25) is 9.78 Å². The van der Waals surface area contributed by atoms with E-state index in [-0.39, 0.29) is 31.1 Å². The van der Waals surface area contributed by atoms with Crippen LogP contribution in [0.2, 0.25) is 0 Å². The number of carbonyl (C=O) groups excluding carboxylic acids is 2. The van der Waals surface area contributed by atoms with Crippen LogP contribution in [-0.2, 0) is 14.3 Å². The van der Waals surface area contributed by atoms with E-state index in [1.54, 1.807) is 24.1 Å². The van der Waals surface area contributed by atoms with E-state index in [0.717, 1.165) is 37.2 Å². The molecule has 0 radical (unpaired) electrons. The van der Waals surface area contributed by atoms with Crippen molar-refractivity contribution >= 4 is 12.1 Å². The first-order valence-electron chi connectivity index (χ1n) is 16.8. The van der Waals surface area contributed by atoms with Crippen LogP contribution >= 0.6 is 0 Å². The maximum atomic E-state index is 13.4. The normalized spacial score (nSPS) is 30.8. The number of amides is 1. The van der Waals surface area contributed by atoms with Gasteiger partial charge in [0.05, 0.1) is 12.5 Å². The Balaban J connectivity index is 1.46. The lowest BCUT2D eigenvalue weighted by Gasteiger charge is -2.40. The number of pyridine rings is 1. The predicted octanol–water partition coefficient (Wildman–Crippen LogP) is 5.54. The van der Waals surface area contributed by atoms with Crippen molar-refractivity contribution in [3.8, 4) is 0 Å². The van der Waals surface area contributed by atoms with Gasteiger partial charge in [0.25, 0.3) is 0 Å². The molecule has 45 heavy (non-hydrogen) atoms. The average Bonchev–Trinajstić information content (AvgIpc) is 3.04. The largest absolute Gasteiger partial charge is 0.457 e. The van der Waals surface area contributed by atoms with Crippen molar-refractivity contribution in [2.75, 3.05) is 26.2 Å². The Morgan fingerprint density at radius 3 is 2.56 bits per heavy atom. The fourth-order valence-electron chi connectivity index (χ4n) is 6.54. The average molecular weight is 624 g/mol. The molecule has 4 heterocycles. The maximum Gasteiger partial charge on any atom is 0.410 e. The lowest BCUT2D eigenvalue weighted by molar-refractivity contribution is -0.151. The van der Waals surface area contributed by atoms with Gasteiger partial charge in [0.2, 0.25) is 0 Å². The number of aliphatic hydroxyl groups excluding tert-OH is 1. The summed E-state index contributed by atoms with van der Waals surface area (Å²) in [4.78, 5) is 34.9. The number of likely N-dealkylation sites (tertiary alicyclic amines) is 2. The molecule has 3 aliphatic heterocycles. The number of esters is 1. The van der Waals surface area contributed by atoms with Crippen LogP contribution in [0.15, 0.2) is 60.3 Å². The van der Waals surface area contributed by atoms with E-state index in [0.29, 0.717) is 19.1 Å².